The first-order valence-corrected chi connectivity index (χ1v) is 7.85. The van der Waals surface area contributed by atoms with Gasteiger partial charge >= 0.3 is 0 Å². The Hall–Kier alpha value is -1.08. The number of unbranched alkanes of at least 4 members (excludes halogenated alkanes) is 3. The average Bonchev–Trinajstić information content (AvgIpc) is 2.53. The van der Waals surface area contributed by atoms with Gasteiger partial charge in [-0.15, -0.1) is 0 Å². The lowest BCUT2D eigenvalue weighted by Gasteiger charge is -2.24. The molecule has 3 unspecified atom stereocenters. The molecule has 0 spiro atoms. The zero-order valence-electron chi connectivity index (χ0n) is 13.4. The van der Waals surface area contributed by atoms with Crippen molar-refractivity contribution in [1.29, 1.82) is 0 Å². The Labute approximate surface area is 133 Å². The molecule has 0 aliphatic carbocycles. The van der Waals surface area contributed by atoms with Gasteiger partial charge < -0.3 is 25.5 Å². The summed E-state index contributed by atoms with van der Waals surface area (Å²) in [5.41, 5.74) is 0. The van der Waals surface area contributed by atoms with Crippen LogP contribution in [0.2, 0.25) is 0 Å². The molecule has 0 saturated carbocycles. The summed E-state index contributed by atoms with van der Waals surface area (Å²) in [6.07, 6.45) is -1.73. The van der Waals surface area contributed by atoms with E-state index in [1.54, 1.807) is 6.92 Å². The summed E-state index contributed by atoms with van der Waals surface area (Å²) in [6, 6.07) is 0. The van der Waals surface area contributed by atoms with Crippen molar-refractivity contribution in [2.75, 3.05) is 0 Å². The van der Waals surface area contributed by atoms with Crippen LogP contribution >= 0.6 is 0 Å². The van der Waals surface area contributed by atoms with Gasteiger partial charge in [0.2, 0.25) is 0 Å². The smallest absolute Gasteiger partial charge is 0.144 e. The van der Waals surface area contributed by atoms with E-state index in [0.717, 1.165) is 25.7 Å². The summed E-state index contributed by atoms with van der Waals surface area (Å²) in [5.74, 6) is 9.39. The van der Waals surface area contributed by atoms with Crippen molar-refractivity contribution in [2.24, 2.45) is 0 Å². The molecule has 5 atom stereocenters. The molecule has 0 bridgehead atoms. The predicted octanol–water partition coefficient (Wildman–Crippen LogP) is 0.178. The third kappa shape index (κ3) is 9.04. The monoisotopic (exact) mass is 312 g/mol. The normalized spacial score (nSPS) is 17.2. The molecular formula is C17H28O5. The molecule has 0 fully saturated rings. The van der Waals surface area contributed by atoms with Gasteiger partial charge in [-0.2, -0.15) is 0 Å². The summed E-state index contributed by atoms with van der Waals surface area (Å²) in [5, 5.41) is 48.2. The molecule has 5 N–H and O–H groups in total. The highest BCUT2D eigenvalue weighted by Crippen LogP contribution is 2.12. The van der Waals surface area contributed by atoms with Crippen LogP contribution in [0.4, 0.5) is 0 Å². The van der Waals surface area contributed by atoms with E-state index in [1.807, 2.05) is 0 Å². The largest absolute Gasteiger partial charge is 0.390 e. The highest BCUT2D eigenvalue weighted by molar-refractivity contribution is 5.29. The first-order chi connectivity index (χ1) is 10.4. The Morgan fingerprint density at radius 1 is 0.773 bits per heavy atom. The minimum atomic E-state index is -1.56. The van der Waals surface area contributed by atoms with Crippen molar-refractivity contribution in [3.63, 3.8) is 0 Å². The van der Waals surface area contributed by atoms with E-state index in [-0.39, 0.29) is 0 Å². The van der Waals surface area contributed by atoms with Gasteiger partial charge in [0.1, 0.15) is 24.4 Å². The topological polar surface area (TPSA) is 101 Å². The molecule has 0 amide bonds. The molecule has 0 rings (SSSR count). The van der Waals surface area contributed by atoms with Crippen molar-refractivity contribution < 1.29 is 25.5 Å². The van der Waals surface area contributed by atoms with Crippen LogP contribution in [0.25, 0.3) is 0 Å². The molecule has 0 aromatic rings. The molecule has 0 saturated heterocycles. The van der Waals surface area contributed by atoms with Crippen molar-refractivity contribution in [2.45, 2.75) is 82.9 Å². The van der Waals surface area contributed by atoms with Crippen LogP contribution in [0.15, 0.2) is 0 Å². The minimum Gasteiger partial charge on any atom is -0.390 e. The second kappa shape index (κ2) is 12.5. The molecule has 0 aromatic heterocycles. The van der Waals surface area contributed by atoms with Crippen molar-refractivity contribution in [3.8, 4) is 23.7 Å². The van der Waals surface area contributed by atoms with Crippen LogP contribution in [-0.4, -0.2) is 56.1 Å². The van der Waals surface area contributed by atoms with E-state index in [0.29, 0.717) is 12.8 Å². The molecule has 5 heteroatoms. The van der Waals surface area contributed by atoms with E-state index in [2.05, 4.69) is 30.6 Å². The summed E-state index contributed by atoms with van der Waals surface area (Å²) in [4.78, 5) is 0. The van der Waals surface area contributed by atoms with Crippen LogP contribution in [0.1, 0.15) is 52.4 Å². The van der Waals surface area contributed by atoms with Crippen LogP contribution in [0.3, 0.4) is 0 Å². The lowest BCUT2D eigenvalue weighted by Crippen LogP contribution is -2.43. The Kier molecular flexibility index (Phi) is 11.9. The SMILES string of the molecule is CCCCCCC(O)C(O)[C@@H](O)C(O)C#CC#C[C@H](O)CC. The van der Waals surface area contributed by atoms with Crippen molar-refractivity contribution in [1.82, 2.24) is 0 Å². The fourth-order valence-electron chi connectivity index (χ4n) is 1.78. The lowest BCUT2D eigenvalue weighted by molar-refractivity contribution is -0.0930. The summed E-state index contributed by atoms with van der Waals surface area (Å²) in [6.45, 7) is 3.84. The number of aliphatic hydroxyl groups is 5. The van der Waals surface area contributed by atoms with Gasteiger partial charge in [-0.05, 0) is 24.7 Å². The van der Waals surface area contributed by atoms with E-state index in [1.165, 1.54) is 0 Å². The molecule has 22 heavy (non-hydrogen) atoms. The Morgan fingerprint density at radius 2 is 1.41 bits per heavy atom. The predicted molar refractivity (Wildman–Crippen MR) is 84.6 cm³/mol. The van der Waals surface area contributed by atoms with Crippen LogP contribution in [0.5, 0.6) is 0 Å². The maximum Gasteiger partial charge on any atom is 0.144 e. The number of rotatable bonds is 9. The third-order valence-corrected chi connectivity index (χ3v) is 3.33. The standard InChI is InChI=1S/C17H28O5/c1-3-5-6-7-11-14(19)16(21)17(22)15(20)12-9-8-10-13(18)4-2/h13-22H,3-7,11H2,1-2H3/t13-,14?,15?,16?,17+/m1/s1. The van der Waals surface area contributed by atoms with Crippen molar-refractivity contribution in [3.05, 3.63) is 0 Å². The Bertz CT molecular complexity index is 401. The zero-order valence-corrected chi connectivity index (χ0v) is 13.4. The number of hydrogen-bond donors (Lipinski definition) is 5. The van der Waals surface area contributed by atoms with Gasteiger partial charge in [-0.3, -0.25) is 0 Å². The van der Waals surface area contributed by atoms with Gasteiger partial charge in [-0.25, -0.2) is 0 Å². The van der Waals surface area contributed by atoms with Gasteiger partial charge in [-0.1, -0.05) is 51.4 Å². The summed E-state index contributed by atoms with van der Waals surface area (Å²) < 4.78 is 0. The lowest BCUT2D eigenvalue weighted by atomic mass is 9.98. The van der Waals surface area contributed by atoms with E-state index < -0.39 is 30.5 Å². The maximum atomic E-state index is 9.79. The third-order valence-electron chi connectivity index (χ3n) is 3.33. The Morgan fingerprint density at radius 3 is 2.00 bits per heavy atom. The van der Waals surface area contributed by atoms with E-state index >= 15 is 0 Å². The number of hydrogen-bond acceptors (Lipinski definition) is 5. The fourth-order valence-corrected chi connectivity index (χ4v) is 1.78. The van der Waals surface area contributed by atoms with E-state index in [9.17, 15) is 25.5 Å². The molecule has 0 heterocycles. The van der Waals surface area contributed by atoms with Crippen molar-refractivity contribution >= 4 is 0 Å². The quantitative estimate of drug-likeness (QED) is 0.309. The first kappa shape index (κ1) is 20.9. The second-order valence-corrected chi connectivity index (χ2v) is 5.31. The fraction of sp³-hybridized carbons (Fsp3) is 0.765. The van der Waals surface area contributed by atoms with Gasteiger partial charge in [0.25, 0.3) is 0 Å². The van der Waals surface area contributed by atoms with E-state index in [4.69, 9.17) is 0 Å². The van der Waals surface area contributed by atoms with Gasteiger partial charge in [0.05, 0.1) is 6.10 Å². The van der Waals surface area contributed by atoms with Crippen LogP contribution in [-0.2, 0) is 0 Å². The Balaban J connectivity index is 4.32. The van der Waals surface area contributed by atoms with Gasteiger partial charge in [0, 0.05) is 0 Å². The summed E-state index contributed by atoms with van der Waals surface area (Å²) >= 11 is 0. The zero-order chi connectivity index (χ0) is 17.0. The van der Waals surface area contributed by atoms with Gasteiger partial charge in [0.15, 0.2) is 0 Å². The molecule has 5 nitrogen and oxygen atoms in total. The second-order valence-electron chi connectivity index (χ2n) is 5.31. The molecule has 0 aliphatic rings. The number of aliphatic hydroxyl groups excluding tert-OH is 5. The minimum absolute atomic E-state index is 0.362. The van der Waals surface area contributed by atoms with Crippen LogP contribution in [0, 0.1) is 23.7 Å². The van der Waals surface area contributed by atoms with Crippen LogP contribution < -0.4 is 0 Å². The highest BCUT2D eigenvalue weighted by Gasteiger charge is 2.29. The molecule has 0 aromatic carbocycles. The molecule has 0 radical (unpaired) electrons. The molecule has 0 aliphatic heterocycles. The summed E-state index contributed by atoms with van der Waals surface area (Å²) in [7, 11) is 0. The first-order valence-electron chi connectivity index (χ1n) is 7.85. The highest BCUT2D eigenvalue weighted by atomic mass is 16.4. The average molecular weight is 312 g/mol. The molecular weight excluding hydrogens is 284 g/mol. The molecule has 126 valence electrons. The maximum absolute atomic E-state index is 9.79.